The Morgan fingerprint density at radius 3 is 1.98 bits per heavy atom. The number of para-hydroxylation sites is 4. The molecule has 192 valence electrons. The van der Waals surface area contributed by atoms with E-state index < -0.39 is 0 Å². The summed E-state index contributed by atoms with van der Waals surface area (Å²) in [7, 11) is 0. The summed E-state index contributed by atoms with van der Waals surface area (Å²) in [4.78, 5) is 5.07. The molecule has 0 unspecified atom stereocenters. The van der Waals surface area contributed by atoms with Gasteiger partial charge in [-0.1, -0.05) is 78.9 Å². The van der Waals surface area contributed by atoms with Crippen LogP contribution in [0.1, 0.15) is 0 Å². The number of rotatable bonds is 3. The zero-order valence-electron chi connectivity index (χ0n) is 22.0. The van der Waals surface area contributed by atoms with Gasteiger partial charge >= 0.3 is 0 Å². The molecule has 9 rings (SSSR count). The molecule has 0 amide bonds. The number of imidazole rings is 1. The van der Waals surface area contributed by atoms with Crippen LogP contribution in [0, 0.1) is 0 Å². The maximum absolute atomic E-state index is 5.07. The Labute approximate surface area is 240 Å². The van der Waals surface area contributed by atoms with Crippen LogP contribution in [-0.2, 0) is 0 Å². The van der Waals surface area contributed by atoms with Crippen molar-refractivity contribution in [3.05, 3.63) is 140 Å². The van der Waals surface area contributed by atoms with Crippen LogP contribution in [0.2, 0.25) is 0 Å². The van der Waals surface area contributed by atoms with E-state index >= 15 is 0 Å². The lowest BCUT2D eigenvalue weighted by molar-refractivity contribution is 1.10. The van der Waals surface area contributed by atoms with Crippen molar-refractivity contribution in [3.63, 3.8) is 0 Å². The number of nitrogens with zero attached hydrogens (tertiary/aromatic N) is 3. The van der Waals surface area contributed by atoms with E-state index in [-0.39, 0.29) is 0 Å². The fourth-order valence-corrected chi connectivity index (χ4v) is 7.56. The van der Waals surface area contributed by atoms with Crippen LogP contribution in [-0.4, -0.2) is 14.1 Å². The highest BCUT2D eigenvalue weighted by Gasteiger charge is 2.18. The topological polar surface area (TPSA) is 22.8 Å². The highest BCUT2D eigenvalue weighted by molar-refractivity contribution is 7.26. The summed E-state index contributed by atoms with van der Waals surface area (Å²) in [6.45, 7) is 0. The number of fused-ring (bicyclic) bond motifs is 8. The minimum atomic E-state index is 0.943. The maximum atomic E-state index is 5.07. The molecule has 0 atom stereocenters. The van der Waals surface area contributed by atoms with Gasteiger partial charge in [-0.05, 0) is 60.7 Å². The first-order valence-corrected chi connectivity index (χ1v) is 14.6. The van der Waals surface area contributed by atoms with E-state index in [0.29, 0.717) is 0 Å². The van der Waals surface area contributed by atoms with Gasteiger partial charge in [0.05, 0.1) is 26.8 Å². The van der Waals surface area contributed by atoms with E-state index in [9.17, 15) is 0 Å². The fourth-order valence-electron chi connectivity index (χ4n) is 6.32. The molecule has 9 aromatic rings. The monoisotopic (exact) mass is 541 g/mol. The molecule has 3 heterocycles. The zero-order valence-corrected chi connectivity index (χ0v) is 22.8. The van der Waals surface area contributed by atoms with Crippen LogP contribution in [0.3, 0.4) is 0 Å². The van der Waals surface area contributed by atoms with E-state index in [4.69, 9.17) is 4.98 Å². The van der Waals surface area contributed by atoms with Crippen molar-refractivity contribution in [1.82, 2.24) is 14.1 Å². The van der Waals surface area contributed by atoms with E-state index in [1.807, 2.05) is 11.3 Å². The lowest BCUT2D eigenvalue weighted by Crippen LogP contribution is -1.98. The quantitative estimate of drug-likeness (QED) is 0.218. The van der Waals surface area contributed by atoms with Crippen molar-refractivity contribution in [2.75, 3.05) is 0 Å². The second kappa shape index (κ2) is 8.65. The lowest BCUT2D eigenvalue weighted by Gasteiger charge is -2.12. The Kier molecular flexibility index (Phi) is 4.77. The van der Waals surface area contributed by atoms with Crippen LogP contribution in [0.15, 0.2) is 140 Å². The summed E-state index contributed by atoms with van der Waals surface area (Å²) in [5.41, 5.74) is 7.92. The van der Waals surface area contributed by atoms with Crippen molar-refractivity contribution in [2.45, 2.75) is 0 Å². The van der Waals surface area contributed by atoms with Crippen molar-refractivity contribution in [3.8, 4) is 22.8 Å². The summed E-state index contributed by atoms with van der Waals surface area (Å²) in [5.74, 6) is 0.943. The zero-order chi connectivity index (χ0) is 26.9. The standard InChI is InChI=1S/C37H23N3S/c1-2-10-25(11-3-1)40-33-16-8-6-14-31(33)38-37(40)24-18-20-26(21-19-24)39-32-15-7-4-12-27(32)29-22-23-30-28-13-5-9-17-34(28)41-36(30)35(29)39/h1-23H. The summed E-state index contributed by atoms with van der Waals surface area (Å²) in [6.07, 6.45) is 0. The minimum Gasteiger partial charge on any atom is -0.308 e. The molecule has 0 radical (unpaired) electrons. The average molecular weight is 542 g/mol. The van der Waals surface area contributed by atoms with Gasteiger partial charge in [-0.15, -0.1) is 11.3 Å². The van der Waals surface area contributed by atoms with E-state index in [2.05, 4.69) is 149 Å². The summed E-state index contributed by atoms with van der Waals surface area (Å²) in [6, 6.07) is 49.8. The van der Waals surface area contributed by atoms with Gasteiger partial charge in [0.1, 0.15) is 5.82 Å². The maximum Gasteiger partial charge on any atom is 0.145 e. The molecule has 0 fully saturated rings. The molecule has 0 aliphatic carbocycles. The van der Waals surface area contributed by atoms with Crippen molar-refractivity contribution >= 4 is 64.3 Å². The normalized spacial score (nSPS) is 11.9. The molecule has 0 N–H and O–H groups in total. The number of thiophene rings is 1. The third-order valence-electron chi connectivity index (χ3n) is 8.14. The first kappa shape index (κ1) is 22.6. The van der Waals surface area contributed by atoms with Crippen LogP contribution in [0.25, 0.3) is 75.8 Å². The molecule has 6 aromatic carbocycles. The van der Waals surface area contributed by atoms with Crippen molar-refractivity contribution in [2.24, 2.45) is 0 Å². The van der Waals surface area contributed by atoms with Gasteiger partial charge in [0.2, 0.25) is 0 Å². The number of benzene rings is 6. The minimum absolute atomic E-state index is 0.943. The molecule has 0 bridgehead atoms. The number of hydrogen-bond acceptors (Lipinski definition) is 2. The molecule has 3 nitrogen and oxygen atoms in total. The predicted octanol–water partition coefficient (Wildman–Crippen LogP) is 10.2. The van der Waals surface area contributed by atoms with Gasteiger partial charge in [0, 0.05) is 43.2 Å². The Morgan fingerprint density at radius 2 is 1.12 bits per heavy atom. The fraction of sp³-hybridized carbons (Fsp3) is 0. The van der Waals surface area contributed by atoms with E-state index in [1.165, 1.54) is 42.0 Å². The second-order valence-corrected chi connectivity index (χ2v) is 11.5. The van der Waals surface area contributed by atoms with Gasteiger partial charge in [-0.2, -0.15) is 0 Å². The first-order chi connectivity index (χ1) is 20.3. The molecule has 0 spiro atoms. The summed E-state index contributed by atoms with van der Waals surface area (Å²) in [5, 5.41) is 5.20. The Morgan fingerprint density at radius 1 is 0.463 bits per heavy atom. The van der Waals surface area contributed by atoms with Gasteiger partial charge in [-0.3, -0.25) is 4.57 Å². The molecule has 41 heavy (non-hydrogen) atoms. The van der Waals surface area contributed by atoms with Crippen LogP contribution in [0.4, 0.5) is 0 Å². The largest absolute Gasteiger partial charge is 0.308 e. The average Bonchev–Trinajstić information content (AvgIpc) is 3.71. The second-order valence-electron chi connectivity index (χ2n) is 10.4. The lowest BCUT2D eigenvalue weighted by atomic mass is 10.1. The SMILES string of the molecule is c1ccc(-n2c(-c3ccc(-n4c5ccccc5c5ccc6c7ccccc7sc6c54)cc3)nc3ccccc32)cc1. The first-order valence-electron chi connectivity index (χ1n) is 13.8. The highest BCUT2D eigenvalue weighted by atomic mass is 32.1. The van der Waals surface area contributed by atoms with E-state index in [0.717, 1.165) is 33.8 Å². The number of hydrogen-bond donors (Lipinski definition) is 0. The molecule has 0 saturated heterocycles. The Balaban J connectivity index is 1.29. The predicted molar refractivity (Wildman–Crippen MR) is 174 cm³/mol. The third kappa shape index (κ3) is 3.28. The van der Waals surface area contributed by atoms with Gasteiger partial charge in [0.25, 0.3) is 0 Å². The summed E-state index contributed by atoms with van der Waals surface area (Å²) >= 11 is 1.88. The van der Waals surface area contributed by atoms with Gasteiger partial charge in [-0.25, -0.2) is 4.98 Å². The van der Waals surface area contributed by atoms with E-state index in [1.54, 1.807) is 0 Å². The number of aromatic nitrogens is 3. The van der Waals surface area contributed by atoms with Crippen molar-refractivity contribution < 1.29 is 0 Å². The van der Waals surface area contributed by atoms with Crippen LogP contribution >= 0.6 is 11.3 Å². The Hall–Kier alpha value is -5.19. The highest BCUT2D eigenvalue weighted by Crippen LogP contribution is 2.43. The van der Waals surface area contributed by atoms with Crippen LogP contribution in [0.5, 0.6) is 0 Å². The molecule has 0 aliphatic heterocycles. The molecular weight excluding hydrogens is 518 g/mol. The molecule has 0 aliphatic rings. The molecule has 3 aromatic heterocycles. The molecule has 4 heteroatoms. The van der Waals surface area contributed by atoms with Gasteiger partial charge in [0.15, 0.2) is 0 Å². The summed E-state index contributed by atoms with van der Waals surface area (Å²) < 4.78 is 7.34. The van der Waals surface area contributed by atoms with Gasteiger partial charge < -0.3 is 4.57 Å². The Bertz CT molecular complexity index is 2410. The smallest absolute Gasteiger partial charge is 0.145 e. The van der Waals surface area contributed by atoms with Crippen LogP contribution < -0.4 is 0 Å². The molecular formula is C37H23N3S. The third-order valence-corrected chi connectivity index (χ3v) is 9.33. The van der Waals surface area contributed by atoms with Crippen molar-refractivity contribution in [1.29, 1.82) is 0 Å². The molecule has 0 saturated carbocycles.